The van der Waals surface area contributed by atoms with Crippen molar-refractivity contribution in [1.29, 1.82) is 0 Å². The number of nitrogens with zero attached hydrogens (tertiary/aromatic N) is 2. The summed E-state index contributed by atoms with van der Waals surface area (Å²) in [6, 6.07) is 0.909. The van der Waals surface area contributed by atoms with E-state index in [0.717, 1.165) is 38.0 Å². The maximum Gasteiger partial charge on any atom is 0.157 e. The molecule has 104 valence electrons. The Balaban J connectivity index is 1.77. The van der Waals surface area contributed by atoms with Gasteiger partial charge in [0.15, 0.2) is 5.17 Å². The van der Waals surface area contributed by atoms with Gasteiger partial charge in [0.1, 0.15) is 0 Å². The molecule has 1 N–H and O–H groups in total. The zero-order valence-corrected chi connectivity index (χ0v) is 12.5. The van der Waals surface area contributed by atoms with E-state index in [1.807, 2.05) is 11.8 Å². The predicted octanol–water partition coefficient (Wildman–Crippen LogP) is 1.57. The fraction of sp³-hybridized carbons (Fsp3) is 0.923. The minimum atomic E-state index is 0.451. The highest BCUT2D eigenvalue weighted by Gasteiger charge is 2.20. The highest BCUT2D eigenvalue weighted by molar-refractivity contribution is 8.14. The summed E-state index contributed by atoms with van der Waals surface area (Å²) in [5, 5.41) is 5.36. The van der Waals surface area contributed by atoms with Crippen molar-refractivity contribution >= 4 is 16.9 Å². The van der Waals surface area contributed by atoms with Crippen LogP contribution in [0.2, 0.25) is 0 Å². The quantitative estimate of drug-likeness (QED) is 0.845. The zero-order valence-electron chi connectivity index (χ0n) is 11.7. The largest absolute Gasteiger partial charge is 0.379 e. The Morgan fingerprint density at radius 1 is 1.44 bits per heavy atom. The lowest BCUT2D eigenvalue weighted by molar-refractivity contribution is 0.0353. The van der Waals surface area contributed by atoms with Crippen LogP contribution in [0, 0.1) is 0 Å². The molecule has 0 aromatic heterocycles. The van der Waals surface area contributed by atoms with Crippen LogP contribution in [0.15, 0.2) is 4.99 Å². The van der Waals surface area contributed by atoms with Gasteiger partial charge in [-0.3, -0.25) is 9.89 Å². The van der Waals surface area contributed by atoms with Gasteiger partial charge in [-0.1, -0.05) is 18.7 Å². The first-order valence-corrected chi connectivity index (χ1v) is 7.82. The molecule has 3 unspecified atom stereocenters. The summed E-state index contributed by atoms with van der Waals surface area (Å²) in [4.78, 5) is 7.15. The molecular weight excluding hydrogens is 246 g/mol. The fourth-order valence-corrected chi connectivity index (χ4v) is 3.77. The van der Waals surface area contributed by atoms with Crippen LogP contribution in [0.5, 0.6) is 0 Å². The molecule has 2 heterocycles. The minimum absolute atomic E-state index is 0.451. The van der Waals surface area contributed by atoms with Crippen molar-refractivity contribution in [3.63, 3.8) is 0 Å². The van der Waals surface area contributed by atoms with Crippen LogP contribution < -0.4 is 5.32 Å². The summed E-state index contributed by atoms with van der Waals surface area (Å²) in [5.74, 6) is 0. The minimum Gasteiger partial charge on any atom is -0.379 e. The van der Waals surface area contributed by atoms with Crippen LogP contribution in [0.25, 0.3) is 0 Å². The standard InChI is InChI=1S/C13H25N3OS/c1-10-8-12(3)18-13(14-10)15-11(2)9-16-4-6-17-7-5-16/h10-12H,4-9H2,1-3H3,(H,14,15). The second-order valence-corrected chi connectivity index (χ2v) is 6.83. The average Bonchev–Trinajstić information content (AvgIpc) is 2.28. The van der Waals surface area contributed by atoms with Crippen LogP contribution in [0.3, 0.4) is 0 Å². The summed E-state index contributed by atoms with van der Waals surface area (Å²) in [7, 11) is 0. The molecule has 0 aromatic rings. The van der Waals surface area contributed by atoms with E-state index in [-0.39, 0.29) is 0 Å². The molecule has 1 saturated heterocycles. The van der Waals surface area contributed by atoms with E-state index in [4.69, 9.17) is 9.73 Å². The average molecular weight is 271 g/mol. The molecule has 0 amide bonds. The van der Waals surface area contributed by atoms with Crippen LogP contribution in [0.4, 0.5) is 0 Å². The van der Waals surface area contributed by atoms with Gasteiger partial charge in [0.25, 0.3) is 0 Å². The summed E-state index contributed by atoms with van der Waals surface area (Å²) in [6.45, 7) is 11.6. The van der Waals surface area contributed by atoms with Crippen molar-refractivity contribution in [2.45, 2.75) is 44.5 Å². The van der Waals surface area contributed by atoms with Gasteiger partial charge in [-0.2, -0.15) is 0 Å². The SMILES string of the molecule is CC1CC(C)SC(NC(C)CN2CCOCC2)=N1. The number of ether oxygens (including phenoxy) is 1. The topological polar surface area (TPSA) is 36.9 Å². The Kier molecular flexibility index (Phi) is 5.33. The molecule has 18 heavy (non-hydrogen) atoms. The Labute approximate surface area is 115 Å². The number of morpholine rings is 1. The maximum absolute atomic E-state index is 5.37. The first kappa shape index (κ1) is 14.2. The number of hydrogen-bond donors (Lipinski definition) is 1. The number of aliphatic imine (C=N–C) groups is 1. The van der Waals surface area contributed by atoms with Crippen molar-refractivity contribution in [3.05, 3.63) is 0 Å². The van der Waals surface area contributed by atoms with Gasteiger partial charge in [0.2, 0.25) is 0 Å². The molecule has 0 radical (unpaired) electrons. The van der Waals surface area contributed by atoms with Crippen LogP contribution in [0.1, 0.15) is 27.2 Å². The van der Waals surface area contributed by atoms with Crippen molar-refractivity contribution < 1.29 is 4.74 Å². The van der Waals surface area contributed by atoms with Gasteiger partial charge in [0, 0.05) is 30.9 Å². The Morgan fingerprint density at radius 2 is 2.17 bits per heavy atom. The van der Waals surface area contributed by atoms with E-state index in [1.165, 1.54) is 6.42 Å². The number of thioether (sulfide) groups is 1. The lowest BCUT2D eigenvalue weighted by Gasteiger charge is -2.31. The molecule has 3 atom stereocenters. The molecule has 2 rings (SSSR count). The third-order valence-corrected chi connectivity index (χ3v) is 4.37. The van der Waals surface area contributed by atoms with Crippen molar-refractivity contribution in [2.75, 3.05) is 32.8 Å². The molecule has 0 saturated carbocycles. The Hall–Kier alpha value is -0.260. The van der Waals surface area contributed by atoms with E-state index in [0.29, 0.717) is 17.3 Å². The molecule has 0 spiro atoms. The molecule has 2 aliphatic heterocycles. The van der Waals surface area contributed by atoms with Crippen molar-refractivity contribution in [2.24, 2.45) is 4.99 Å². The third-order valence-electron chi connectivity index (χ3n) is 3.33. The van der Waals surface area contributed by atoms with E-state index in [9.17, 15) is 0 Å². The molecule has 0 aliphatic carbocycles. The van der Waals surface area contributed by atoms with Gasteiger partial charge in [0.05, 0.1) is 19.3 Å². The molecule has 0 bridgehead atoms. The normalized spacial score (nSPS) is 31.8. The van der Waals surface area contributed by atoms with Crippen LogP contribution in [-0.4, -0.2) is 60.2 Å². The first-order chi connectivity index (χ1) is 8.63. The van der Waals surface area contributed by atoms with Crippen LogP contribution in [-0.2, 0) is 4.74 Å². The fourth-order valence-electron chi connectivity index (χ4n) is 2.50. The highest BCUT2D eigenvalue weighted by Crippen LogP contribution is 2.24. The van der Waals surface area contributed by atoms with Gasteiger partial charge in [-0.05, 0) is 20.3 Å². The lowest BCUT2D eigenvalue weighted by Crippen LogP contribution is -2.46. The smallest absolute Gasteiger partial charge is 0.157 e. The summed E-state index contributed by atoms with van der Waals surface area (Å²) in [6.07, 6.45) is 1.19. The molecule has 5 heteroatoms. The number of amidine groups is 1. The molecule has 1 fully saturated rings. The summed E-state index contributed by atoms with van der Waals surface area (Å²) in [5.41, 5.74) is 0. The van der Waals surface area contributed by atoms with E-state index in [1.54, 1.807) is 0 Å². The maximum atomic E-state index is 5.37. The van der Waals surface area contributed by atoms with Gasteiger partial charge in [-0.15, -0.1) is 0 Å². The number of rotatable bonds is 3. The van der Waals surface area contributed by atoms with Gasteiger partial charge >= 0.3 is 0 Å². The molecule has 0 aromatic carbocycles. The summed E-state index contributed by atoms with van der Waals surface area (Å²) >= 11 is 1.88. The Bertz CT molecular complexity index is 292. The second kappa shape index (κ2) is 6.78. The highest BCUT2D eigenvalue weighted by atomic mass is 32.2. The van der Waals surface area contributed by atoms with Crippen molar-refractivity contribution in [1.82, 2.24) is 10.2 Å². The summed E-state index contributed by atoms with van der Waals surface area (Å²) < 4.78 is 5.37. The monoisotopic (exact) mass is 271 g/mol. The number of hydrogen-bond acceptors (Lipinski definition) is 5. The predicted molar refractivity (Wildman–Crippen MR) is 78.4 cm³/mol. The molecule has 2 aliphatic rings. The molecule has 4 nitrogen and oxygen atoms in total. The third kappa shape index (κ3) is 4.44. The Morgan fingerprint density at radius 3 is 2.83 bits per heavy atom. The van der Waals surface area contributed by atoms with Gasteiger partial charge < -0.3 is 10.1 Å². The zero-order chi connectivity index (χ0) is 13.0. The van der Waals surface area contributed by atoms with Crippen molar-refractivity contribution in [3.8, 4) is 0 Å². The lowest BCUT2D eigenvalue weighted by atomic mass is 10.2. The van der Waals surface area contributed by atoms with Gasteiger partial charge in [-0.25, -0.2) is 0 Å². The van der Waals surface area contributed by atoms with E-state index in [2.05, 4.69) is 31.0 Å². The van der Waals surface area contributed by atoms with Crippen LogP contribution >= 0.6 is 11.8 Å². The van der Waals surface area contributed by atoms with E-state index >= 15 is 0 Å². The molecular formula is C13H25N3OS. The number of nitrogens with one attached hydrogen (secondary N) is 1. The second-order valence-electron chi connectivity index (χ2n) is 5.41. The first-order valence-electron chi connectivity index (χ1n) is 6.94. The van der Waals surface area contributed by atoms with E-state index < -0.39 is 0 Å².